The average molecular weight is 220 g/mol. The lowest BCUT2D eigenvalue weighted by atomic mass is 9.86. The molecule has 0 unspecified atom stereocenters. The van der Waals surface area contributed by atoms with E-state index in [4.69, 9.17) is 10.5 Å². The van der Waals surface area contributed by atoms with E-state index in [-0.39, 0.29) is 0 Å². The maximum atomic E-state index is 5.63. The maximum absolute atomic E-state index is 5.63. The highest BCUT2D eigenvalue weighted by Crippen LogP contribution is 2.32. The summed E-state index contributed by atoms with van der Waals surface area (Å²) in [5, 5.41) is 0. The minimum Gasteiger partial charge on any atom is -0.481 e. The first-order chi connectivity index (χ1) is 7.85. The van der Waals surface area contributed by atoms with Gasteiger partial charge in [0.15, 0.2) is 0 Å². The van der Waals surface area contributed by atoms with Gasteiger partial charge in [0.1, 0.15) is 0 Å². The Morgan fingerprint density at radius 2 is 2.06 bits per heavy atom. The van der Waals surface area contributed by atoms with Crippen LogP contribution in [-0.2, 0) is 6.54 Å². The molecule has 1 aliphatic carbocycles. The molecule has 0 aliphatic heterocycles. The van der Waals surface area contributed by atoms with Crippen LogP contribution >= 0.6 is 0 Å². The molecule has 2 rings (SSSR count). The first kappa shape index (κ1) is 11.4. The lowest BCUT2D eigenvalue weighted by Crippen LogP contribution is -2.09. The first-order valence-electron chi connectivity index (χ1n) is 6.09. The van der Waals surface area contributed by atoms with Crippen molar-refractivity contribution in [3.8, 4) is 5.88 Å². The quantitative estimate of drug-likeness (QED) is 0.851. The Balaban J connectivity index is 2.20. The van der Waals surface area contributed by atoms with Crippen molar-refractivity contribution in [2.45, 2.75) is 44.6 Å². The molecule has 0 spiro atoms. The molecule has 1 saturated carbocycles. The van der Waals surface area contributed by atoms with Crippen LogP contribution in [0.25, 0.3) is 0 Å². The van der Waals surface area contributed by atoms with Crippen LogP contribution in [0.3, 0.4) is 0 Å². The highest BCUT2D eigenvalue weighted by Gasteiger charge is 2.17. The van der Waals surface area contributed by atoms with E-state index in [2.05, 4.69) is 17.1 Å². The predicted molar refractivity (Wildman–Crippen MR) is 64.5 cm³/mol. The maximum Gasteiger partial charge on any atom is 0.217 e. The molecule has 0 aromatic carbocycles. The van der Waals surface area contributed by atoms with Crippen molar-refractivity contribution in [2.24, 2.45) is 5.73 Å². The fourth-order valence-electron chi connectivity index (χ4n) is 2.44. The van der Waals surface area contributed by atoms with Crippen molar-refractivity contribution in [2.75, 3.05) is 7.11 Å². The molecule has 3 nitrogen and oxygen atoms in total. The van der Waals surface area contributed by atoms with Crippen molar-refractivity contribution < 1.29 is 4.74 Å². The number of nitrogens with zero attached hydrogens (tertiary/aromatic N) is 1. The largest absolute Gasteiger partial charge is 0.481 e. The topological polar surface area (TPSA) is 48.1 Å². The monoisotopic (exact) mass is 220 g/mol. The third kappa shape index (κ3) is 2.35. The fraction of sp³-hybridized carbons (Fsp3) is 0.615. The van der Waals surface area contributed by atoms with Crippen molar-refractivity contribution in [1.82, 2.24) is 4.98 Å². The summed E-state index contributed by atoms with van der Waals surface area (Å²) in [4.78, 5) is 4.58. The number of methoxy groups -OCH3 is 1. The third-order valence-electron chi connectivity index (χ3n) is 3.40. The van der Waals surface area contributed by atoms with E-state index in [1.165, 1.54) is 37.8 Å². The van der Waals surface area contributed by atoms with Crippen LogP contribution in [0.4, 0.5) is 0 Å². The van der Waals surface area contributed by atoms with Gasteiger partial charge in [-0.1, -0.05) is 25.3 Å². The second-order valence-corrected chi connectivity index (χ2v) is 4.44. The highest BCUT2D eigenvalue weighted by atomic mass is 16.5. The molecule has 3 heteroatoms. The van der Waals surface area contributed by atoms with Gasteiger partial charge in [-0.2, -0.15) is 0 Å². The molecular weight excluding hydrogens is 200 g/mol. The van der Waals surface area contributed by atoms with Gasteiger partial charge in [0.2, 0.25) is 5.88 Å². The lowest BCUT2D eigenvalue weighted by molar-refractivity contribution is 0.383. The number of rotatable bonds is 3. The van der Waals surface area contributed by atoms with Crippen LogP contribution < -0.4 is 10.5 Å². The molecule has 0 amide bonds. The fourth-order valence-corrected chi connectivity index (χ4v) is 2.44. The zero-order chi connectivity index (χ0) is 11.4. The second kappa shape index (κ2) is 5.30. The zero-order valence-electron chi connectivity index (χ0n) is 9.91. The average Bonchev–Trinajstić information content (AvgIpc) is 2.39. The molecule has 16 heavy (non-hydrogen) atoms. The van der Waals surface area contributed by atoms with Crippen molar-refractivity contribution in [3.05, 3.63) is 23.4 Å². The summed E-state index contributed by atoms with van der Waals surface area (Å²) in [5.74, 6) is 1.32. The molecule has 0 atom stereocenters. The SMILES string of the molecule is COc1nc(C2CCCCC2)ccc1CN. The second-order valence-electron chi connectivity index (χ2n) is 4.44. The van der Waals surface area contributed by atoms with E-state index in [9.17, 15) is 0 Å². The Hall–Kier alpha value is -1.09. The first-order valence-corrected chi connectivity index (χ1v) is 6.09. The molecule has 1 heterocycles. The van der Waals surface area contributed by atoms with Gasteiger partial charge in [-0.25, -0.2) is 4.98 Å². The minimum absolute atomic E-state index is 0.487. The molecule has 1 fully saturated rings. The van der Waals surface area contributed by atoms with Crippen molar-refractivity contribution >= 4 is 0 Å². The number of hydrogen-bond donors (Lipinski definition) is 1. The van der Waals surface area contributed by atoms with Gasteiger partial charge in [-0.3, -0.25) is 0 Å². The summed E-state index contributed by atoms with van der Waals surface area (Å²) in [7, 11) is 1.66. The molecule has 1 aromatic rings. The zero-order valence-corrected chi connectivity index (χ0v) is 9.91. The van der Waals surface area contributed by atoms with Crippen LogP contribution in [0.1, 0.15) is 49.3 Å². The molecule has 1 aliphatic rings. The van der Waals surface area contributed by atoms with Crippen LogP contribution in [0, 0.1) is 0 Å². The Bertz CT molecular complexity index is 346. The van der Waals surface area contributed by atoms with E-state index < -0.39 is 0 Å². The van der Waals surface area contributed by atoms with Crippen LogP contribution in [0.2, 0.25) is 0 Å². The summed E-state index contributed by atoms with van der Waals surface area (Å²) in [6, 6.07) is 4.16. The molecule has 0 bridgehead atoms. The van der Waals surface area contributed by atoms with Crippen molar-refractivity contribution in [3.63, 3.8) is 0 Å². The molecule has 0 saturated heterocycles. The Labute approximate surface area is 97.0 Å². The van der Waals surface area contributed by atoms with Crippen LogP contribution in [0.5, 0.6) is 5.88 Å². The van der Waals surface area contributed by atoms with Crippen LogP contribution in [0.15, 0.2) is 12.1 Å². The van der Waals surface area contributed by atoms with Gasteiger partial charge in [0, 0.05) is 23.7 Å². The summed E-state index contributed by atoms with van der Waals surface area (Å²) in [6.45, 7) is 0.487. The van der Waals surface area contributed by atoms with E-state index in [1.54, 1.807) is 7.11 Å². The number of aromatic nitrogens is 1. The van der Waals surface area contributed by atoms with E-state index in [0.717, 1.165) is 5.56 Å². The predicted octanol–water partition coefficient (Wildman–Crippen LogP) is 2.60. The van der Waals surface area contributed by atoms with Gasteiger partial charge < -0.3 is 10.5 Å². The summed E-state index contributed by atoms with van der Waals surface area (Å²) in [6.07, 6.45) is 6.55. The lowest BCUT2D eigenvalue weighted by Gasteiger charge is -2.21. The Morgan fingerprint density at radius 3 is 2.69 bits per heavy atom. The van der Waals surface area contributed by atoms with Gasteiger partial charge in [0.25, 0.3) is 0 Å². The number of pyridine rings is 1. The van der Waals surface area contributed by atoms with E-state index in [1.807, 2.05) is 0 Å². The smallest absolute Gasteiger partial charge is 0.217 e. The summed E-state index contributed by atoms with van der Waals surface area (Å²) in [5.41, 5.74) is 7.80. The normalized spacial score (nSPS) is 17.4. The summed E-state index contributed by atoms with van der Waals surface area (Å²) < 4.78 is 5.28. The van der Waals surface area contributed by atoms with E-state index in [0.29, 0.717) is 18.3 Å². The molecular formula is C13H20N2O. The number of ether oxygens (including phenoxy) is 1. The minimum atomic E-state index is 0.487. The van der Waals surface area contributed by atoms with Gasteiger partial charge in [-0.15, -0.1) is 0 Å². The van der Waals surface area contributed by atoms with Crippen LogP contribution in [-0.4, -0.2) is 12.1 Å². The Kier molecular flexibility index (Phi) is 3.78. The standard InChI is InChI=1S/C13H20N2O/c1-16-13-11(9-14)7-8-12(15-13)10-5-3-2-4-6-10/h7-8,10H,2-6,9,14H2,1H3. The molecule has 88 valence electrons. The highest BCUT2D eigenvalue weighted by molar-refractivity contribution is 5.29. The van der Waals surface area contributed by atoms with Gasteiger partial charge >= 0.3 is 0 Å². The third-order valence-corrected chi connectivity index (χ3v) is 3.40. The van der Waals surface area contributed by atoms with Gasteiger partial charge in [-0.05, 0) is 18.9 Å². The summed E-state index contributed by atoms with van der Waals surface area (Å²) >= 11 is 0. The molecule has 0 radical (unpaired) electrons. The number of hydrogen-bond acceptors (Lipinski definition) is 3. The van der Waals surface area contributed by atoms with Crippen molar-refractivity contribution in [1.29, 1.82) is 0 Å². The Morgan fingerprint density at radius 1 is 1.31 bits per heavy atom. The van der Waals surface area contributed by atoms with Gasteiger partial charge in [0.05, 0.1) is 7.11 Å². The molecule has 2 N–H and O–H groups in total. The number of nitrogens with two attached hydrogens (primary N) is 1. The molecule has 1 aromatic heterocycles. The van der Waals surface area contributed by atoms with E-state index >= 15 is 0 Å².